The van der Waals surface area contributed by atoms with Crippen LogP contribution in [0.2, 0.25) is 5.02 Å². The van der Waals surface area contributed by atoms with E-state index in [1.165, 1.54) is 0 Å². The van der Waals surface area contributed by atoms with Gasteiger partial charge in [-0.2, -0.15) is 0 Å². The van der Waals surface area contributed by atoms with Gasteiger partial charge in [0.25, 0.3) is 5.91 Å². The van der Waals surface area contributed by atoms with Crippen molar-refractivity contribution in [1.29, 1.82) is 0 Å². The first-order valence-electron chi connectivity index (χ1n) is 7.63. The summed E-state index contributed by atoms with van der Waals surface area (Å²) in [6.07, 6.45) is 0. The lowest BCUT2D eigenvalue weighted by Crippen LogP contribution is -2.19. The molecule has 2 aromatic rings. The summed E-state index contributed by atoms with van der Waals surface area (Å²) in [6.45, 7) is 4.94. The Morgan fingerprint density at radius 3 is 2.70 bits per heavy atom. The third-order valence-corrected chi connectivity index (χ3v) is 3.50. The Morgan fingerprint density at radius 1 is 1.17 bits per heavy atom. The highest BCUT2D eigenvalue weighted by molar-refractivity contribution is 6.30. The van der Waals surface area contributed by atoms with E-state index in [1.54, 1.807) is 24.3 Å². The molecule has 0 heterocycles. The molecule has 0 aromatic heterocycles. The van der Waals surface area contributed by atoms with Crippen LogP contribution in [0.1, 0.15) is 22.8 Å². The molecule has 2 aromatic carbocycles. The van der Waals surface area contributed by atoms with Crippen LogP contribution in [0.3, 0.4) is 0 Å². The molecule has 0 aliphatic carbocycles. The first-order chi connectivity index (χ1) is 11.2. The highest BCUT2D eigenvalue weighted by Crippen LogP contribution is 2.14. The number of rotatable bonds is 8. The number of carbonyl (C=O) groups excluding carboxylic acids is 1. The van der Waals surface area contributed by atoms with Crippen LogP contribution in [-0.2, 0) is 11.3 Å². The van der Waals surface area contributed by atoms with Gasteiger partial charge < -0.3 is 15.4 Å². The summed E-state index contributed by atoms with van der Waals surface area (Å²) in [6, 6.07) is 14.6. The summed E-state index contributed by atoms with van der Waals surface area (Å²) in [5, 5.41) is 6.81. The van der Waals surface area contributed by atoms with Crippen molar-refractivity contribution in [2.75, 3.05) is 25.1 Å². The lowest BCUT2D eigenvalue weighted by molar-refractivity contribution is 0.102. The molecule has 1 amide bonds. The molecule has 0 fully saturated rings. The molecule has 2 N–H and O–H groups in total. The Balaban J connectivity index is 1.89. The fourth-order valence-corrected chi connectivity index (χ4v) is 2.21. The number of halogens is 1. The van der Waals surface area contributed by atoms with E-state index in [2.05, 4.69) is 10.6 Å². The molecule has 0 spiro atoms. The van der Waals surface area contributed by atoms with Crippen molar-refractivity contribution >= 4 is 23.2 Å². The van der Waals surface area contributed by atoms with Crippen molar-refractivity contribution in [3.8, 4) is 0 Å². The Bertz CT molecular complexity index is 629. The van der Waals surface area contributed by atoms with Gasteiger partial charge in [-0.1, -0.05) is 23.7 Å². The minimum Gasteiger partial charge on any atom is -0.380 e. The monoisotopic (exact) mass is 332 g/mol. The Kier molecular flexibility index (Phi) is 7.07. The molecular formula is C18H21ClN2O2. The number of amides is 1. The van der Waals surface area contributed by atoms with E-state index in [0.717, 1.165) is 30.9 Å². The molecule has 0 unspecified atom stereocenters. The topological polar surface area (TPSA) is 50.4 Å². The second-order valence-electron chi connectivity index (χ2n) is 5.04. The molecule has 0 aliphatic heterocycles. The molecule has 0 radical (unpaired) electrons. The van der Waals surface area contributed by atoms with E-state index in [9.17, 15) is 4.79 Å². The summed E-state index contributed by atoms with van der Waals surface area (Å²) >= 11 is 5.83. The number of carbonyl (C=O) groups is 1. The Labute approximate surface area is 141 Å². The Hall–Kier alpha value is -1.88. The van der Waals surface area contributed by atoms with E-state index in [0.29, 0.717) is 17.2 Å². The van der Waals surface area contributed by atoms with Gasteiger partial charge in [0.05, 0.1) is 6.61 Å². The summed E-state index contributed by atoms with van der Waals surface area (Å²) < 4.78 is 5.28. The first kappa shape index (κ1) is 17.5. The fourth-order valence-electron chi connectivity index (χ4n) is 2.08. The number of hydrogen-bond acceptors (Lipinski definition) is 3. The normalized spacial score (nSPS) is 10.5. The summed E-state index contributed by atoms with van der Waals surface area (Å²) in [7, 11) is 0. The zero-order valence-corrected chi connectivity index (χ0v) is 13.9. The van der Waals surface area contributed by atoms with Crippen LogP contribution in [0, 0.1) is 0 Å². The van der Waals surface area contributed by atoms with Crippen molar-refractivity contribution in [2.45, 2.75) is 13.5 Å². The Morgan fingerprint density at radius 2 is 1.96 bits per heavy atom. The van der Waals surface area contributed by atoms with Crippen LogP contribution in [-0.4, -0.2) is 25.7 Å². The molecule has 2 rings (SSSR count). The number of anilines is 1. The van der Waals surface area contributed by atoms with Crippen molar-refractivity contribution in [2.24, 2.45) is 0 Å². The predicted octanol–water partition coefficient (Wildman–Crippen LogP) is 3.72. The van der Waals surface area contributed by atoms with Gasteiger partial charge in [0, 0.05) is 36.0 Å². The van der Waals surface area contributed by atoms with Crippen LogP contribution in [0.15, 0.2) is 48.5 Å². The second kappa shape index (κ2) is 9.30. The minimum absolute atomic E-state index is 0.150. The second-order valence-corrected chi connectivity index (χ2v) is 5.47. The van der Waals surface area contributed by atoms with Crippen molar-refractivity contribution in [3.05, 3.63) is 64.7 Å². The molecule has 0 aliphatic rings. The molecule has 23 heavy (non-hydrogen) atoms. The van der Waals surface area contributed by atoms with E-state index in [-0.39, 0.29) is 5.91 Å². The fraction of sp³-hybridized carbons (Fsp3) is 0.278. The average molecular weight is 333 g/mol. The highest BCUT2D eigenvalue weighted by Gasteiger charge is 2.06. The molecule has 0 saturated heterocycles. The average Bonchev–Trinajstić information content (AvgIpc) is 2.55. The number of ether oxygens (including phenoxy) is 1. The van der Waals surface area contributed by atoms with Crippen LogP contribution in [0.25, 0.3) is 0 Å². The highest BCUT2D eigenvalue weighted by atomic mass is 35.5. The van der Waals surface area contributed by atoms with Crippen LogP contribution < -0.4 is 10.6 Å². The molecule has 0 saturated carbocycles. The van der Waals surface area contributed by atoms with Gasteiger partial charge in [0.2, 0.25) is 0 Å². The molecule has 122 valence electrons. The standard InChI is InChI=1S/C18H21ClN2O2/c1-2-23-11-10-20-13-14-4-3-5-17(12-14)21-18(22)15-6-8-16(19)9-7-15/h3-9,12,20H,2,10-11,13H2,1H3,(H,21,22). The van der Waals surface area contributed by atoms with Gasteiger partial charge >= 0.3 is 0 Å². The maximum Gasteiger partial charge on any atom is 0.255 e. The van der Waals surface area contributed by atoms with Gasteiger partial charge in [0.15, 0.2) is 0 Å². The lowest BCUT2D eigenvalue weighted by Gasteiger charge is -2.09. The van der Waals surface area contributed by atoms with Gasteiger partial charge in [-0.15, -0.1) is 0 Å². The van der Waals surface area contributed by atoms with Crippen LogP contribution in [0.5, 0.6) is 0 Å². The zero-order valence-electron chi connectivity index (χ0n) is 13.1. The summed E-state index contributed by atoms with van der Waals surface area (Å²) in [4.78, 5) is 12.2. The predicted molar refractivity (Wildman–Crippen MR) is 94.0 cm³/mol. The molecule has 5 heteroatoms. The smallest absolute Gasteiger partial charge is 0.255 e. The van der Waals surface area contributed by atoms with E-state index >= 15 is 0 Å². The third kappa shape index (κ3) is 6.02. The van der Waals surface area contributed by atoms with E-state index < -0.39 is 0 Å². The van der Waals surface area contributed by atoms with Crippen molar-refractivity contribution in [1.82, 2.24) is 5.32 Å². The lowest BCUT2D eigenvalue weighted by atomic mass is 10.1. The first-order valence-corrected chi connectivity index (χ1v) is 8.01. The molecule has 4 nitrogen and oxygen atoms in total. The number of hydrogen-bond donors (Lipinski definition) is 2. The molecule has 0 bridgehead atoms. The molecular weight excluding hydrogens is 312 g/mol. The maximum absolute atomic E-state index is 12.2. The van der Waals surface area contributed by atoms with Gasteiger partial charge in [-0.25, -0.2) is 0 Å². The van der Waals surface area contributed by atoms with E-state index in [1.807, 2.05) is 31.2 Å². The zero-order chi connectivity index (χ0) is 16.5. The quantitative estimate of drug-likeness (QED) is 0.724. The maximum atomic E-state index is 12.2. The van der Waals surface area contributed by atoms with Crippen LogP contribution in [0.4, 0.5) is 5.69 Å². The van der Waals surface area contributed by atoms with Crippen molar-refractivity contribution < 1.29 is 9.53 Å². The van der Waals surface area contributed by atoms with Crippen molar-refractivity contribution in [3.63, 3.8) is 0 Å². The minimum atomic E-state index is -0.150. The third-order valence-electron chi connectivity index (χ3n) is 3.25. The van der Waals surface area contributed by atoms with Gasteiger partial charge in [-0.3, -0.25) is 4.79 Å². The summed E-state index contributed by atoms with van der Waals surface area (Å²) in [5.41, 5.74) is 2.46. The van der Waals surface area contributed by atoms with Gasteiger partial charge in [-0.05, 0) is 48.9 Å². The van der Waals surface area contributed by atoms with E-state index in [4.69, 9.17) is 16.3 Å². The number of nitrogens with one attached hydrogen (secondary N) is 2. The molecule has 0 atom stereocenters. The van der Waals surface area contributed by atoms with Crippen LogP contribution >= 0.6 is 11.6 Å². The SMILES string of the molecule is CCOCCNCc1cccc(NC(=O)c2ccc(Cl)cc2)c1. The van der Waals surface area contributed by atoms with Gasteiger partial charge in [0.1, 0.15) is 0 Å². The largest absolute Gasteiger partial charge is 0.380 e. The number of benzene rings is 2. The summed E-state index contributed by atoms with van der Waals surface area (Å²) in [5.74, 6) is -0.150.